The largest absolute Gasteiger partial charge is 0.308 e. The normalized spacial score (nSPS) is 11.9. The van der Waals surface area contributed by atoms with Crippen molar-refractivity contribution in [1.29, 1.82) is 0 Å². The summed E-state index contributed by atoms with van der Waals surface area (Å²) < 4.78 is 1.96. The summed E-state index contributed by atoms with van der Waals surface area (Å²) in [6.07, 6.45) is 1.76. The van der Waals surface area contributed by atoms with Crippen LogP contribution >= 0.6 is 0 Å². The molecule has 0 spiro atoms. The molecule has 0 aliphatic heterocycles. The lowest BCUT2D eigenvalue weighted by atomic mass is 10.1. The third kappa shape index (κ3) is 4.14. The Bertz CT molecular complexity index is 576. The first-order chi connectivity index (χ1) is 9.93. The van der Waals surface area contributed by atoms with Gasteiger partial charge in [-0.15, -0.1) is 0 Å². The highest BCUT2D eigenvalue weighted by Gasteiger charge is 2.10. The Morgan fingerprint density at radius 1 is 1.05 bits per heavy atom. The van der Waals surface area contributed by atoms with E-state index in [1.807, 2.05) is 4.68 Å². The van der Waals surface area contributed by atoms with Gasteiger partial charge in [-0.1, -0.05) is 26.0 Å². The Balaban J connectivity index is 2.17. The Morgan fingerprint density at radius 2 is 1.71 bits per heavy atom. The summed E-state index contributed by atoms with van der Waals surface area (Å²) in [5.74, 6) is 1.93. The predicted octanol–water partition coefficient (Wildman–Crippen LogP) is 3.28. The van der Waals surface area contributed by atoms with Crippen molar-refractivity contribution in [2.75, 3.05) is 0 Å². The number of aryl methyl sites for hydroxylation is 2. The maximum absolute atomic E-state index is 4.57. The average Bonchev–Trinajstić information content (AvgIpc) is 2.88. The second kappa shape index (κ2) is 6.39. The van der Waals surface area contributed by atoms with Crippen molar-refractivity contribution in [2.24, 2.45) is 0 Å². The van der Waals surface area contributed by atoms with Gasteiger partial charge < -0.3 is 5.32 Å². The summed E-state index contributed by atoms with van der Waals surface area (Å²) in [6, 6.07) is 8.54. The molecule has 1 aromatic carbocycles. The molecule has 0 fully saturated rings. The van der Waals surface area contributed by atoms with Crippen LogP contribution in [0.5, 0.6) is 0 Å². The monoisotopic (exact) mass is 286 g/mol. The molecule has 0 bridgehead atoms. The SMILES string of the molecule is CCc1nc(CC)n(-c2ccc(CNC(C)(C)C)cc2)n1. The Kier molecular flexibility index (Phi) is 4.78. The van der Waals surface area contributed by atoms with Crippen molar-refractivity contribution in [3.05, 3.63) is 41.5 Å². The minimum absolute atomic E-state index is 0.135. The molecule has 2 aromatic rings. The van der Waals surface area contributed by atoms with E-state index in [9.17, 15) is 0 Å². The van der Waals surface area contributed by atoms with E-state index >= 15 is 0 Å². The number of hydrogen-bond donors (Lipinski definition) is 1. The van der Waals surface area contributed by atoms with E-state index in [0.29, 0.717) is 0 Å². The van der Waals surface area contributed by atoms with Crippen LogP contribution in [0, 0.1) is 0 Å². The third-order valence-electron chi connectivity index (χ3n) is 3.35. The second-order valence-electron chi connectivity index (χ2n) is 6.33. The number of aromatic nitrogens is 3. The van der Waals surface area contributed by atoms with Gasteiger partial charge in [-0.25, -0.2) is 9.67 Å². The molecule has 2 rings (SSSR count). The van der Waals surface area contributed by atoms with Gasteiger partial charge in [-0.05, 0) is 38.5 Å². The fourth-order valence-corrected chi connectivity index (χ4v) is 2.10. The van der Waals surface area contributed by atoms with Gasteiger partial charge in [0.1, 0.15) is 5.82 Å². The van der Waals surface area contributed by atoms with Crippen molar-refractivity contribution in [3.63, 3.8) is 0 Å². The fraction of sp³-hybridized carbons (Fsp3) is 0.529. The lowest BCUT2D eigenvalue weighted by molar-refractivity contribution is 0.424. The lowest BCUT2D eigenvalue weighted by Gasteiger charge is -2.20. The molecule has 0 saturated carbocycles. The molecular weight excluding hydrogens is 260 g/mol. The molecule has 0 saturated heterocycles. The summed E-state index contributed by atoms with van der Waals surface area (Å²) >= 11 is 0. The van der Waals surface area contributed by atoms with E-state index in [4.69, 9.17) is 0 Å². The van der Waals surface area contributed by atoms with Gasteiger partial charge >= 0.3 is 0 Å². The van der Waals surface area contributed by atoms with E-state index in [-0.39, 0.29) is 5.54 Å². The molecule has 0 unspecified atom stereocenters. The molecule has 21 heavy (non-hydrogen) atoms. The van der Waals surface area contributed by atoms with Crippen molar-refractivity contribution < 1.29 is 0 Å². The molecular formula is C17H26N4. The van der Waals surface area contributed by atoms with Gasteiger partial charge in [0.25, 0.3) is 0 Å². The van der Waals surface area contributed by atoms with Crippen LogP contribution in [0.3, 0.4) is 0 Å². The Labute approximate surface area is 127 Å². The zero-order valence-electron chi connectivity index (χ0n) is 13.8. The summed E-state index contributed by atoms with van der Waals surface area (Å²) in [7, 11) is 0. The minimum atomic E-state index is 0.135. The van der Waals surface area contributed by atoms with Crippen LogP contribution in [0.25, 0.3) is 5.69 Å². The number of nitrogens with one attached hydrogen (secondary N) is 1. The highest BCUT2D eigenvalue weighted by molar-refractivity contribution is 5.34. The van der Waals surface area contributed by atoms with Gasteiger partial charge in [0.15, 0.2) is 5.82 Å². The quantitative estimate of drug-likeness (QED) is 0.917. The van der Waals surface area contributed by atoms with Crippen molar-refractivity contribution in [2.45, 2.75) is 59.5 Å². The van der Waals surface area contributed by atoms with Crippen molar-refractivity contribution in [1.82, 2.24) is 20.1 Å². The van der Waals surface area contributed by atoms with Gasteiger partial charge in [0, 0.05) is 24.9 Å². The molecule has 0 atom stereocenters. The highest BCUT2D eigenvalue weighted by atomic mass is 15.3. The van der Waals surface area contributed by atoms with Crippen LogP contribution in [0.1, 0.15) is 51.8 Å². The first kappa shape index (κ1) is 15.7. The van der Waals surface area contributed by atoms with E-state index in [1.54, 1.807) is 0 Å². The molecule has 1 aromatic heterocycles. The molecule has 4 heteroatoms. The summed E-state index contributed by atoms with van der Waals surface area (Å²) in [6.45, 7) is 11.6. The van der Waals surface area contributed by atoms with E-state index in [0.717, 1.165) is 36.7 Å². The smallest absolute Gasteiger partial charge is 0.151 e. The minimum Gasteiger partial charge on any atom is -0.308 e. The standard InChI is InChI=1S/C17H26N4/c1-6-15-19-16(7-2)21(20-15)14-10-8-13(9-11-14)12-18-17(3,4)5/h8-11,18H,6-7,12H2,1-5H3. The number of hydrogen-bond acceptors (Lipinski definition) is 3. The van der Waals surface area contributed by atoms with Crippen molar-refractivity contribution >= 4 is 0 Å². The summed E-state index contributed by atoms with van der Waals surface area (Å²) in [5, 5.41) is 8.07. The van der Waals surface area contributed by atoms with Gasteiger partial charge in [-0.3, -0.25) is 0 Å². The van der Waals surface area contributed by atoms with Gasteiger partial charge in [0.2, 0.25) is 0 Å². The van der Waals surface area contributed by atoms with Crippen LogP contribution in [-0.4, -0.2) is 20.3 Å². The topological polar surface area (TPSA) is 42.7 Å². The zero-order chi connectivity index (χ0) is 15.5. The second-order valence-corrected chi connectivity index (χ2v) is 6.33. The van der Waals surface area contributed by atoms with Crippen molar-refractivity contribution in [3.8, 4) is 5.69 Å². The van der Waals surface area contributed by atoms with Crippen LogP contribution in [0.4, 0.5) is 0 Å². The zero-order valence-corrected chi connectivity index (χ0v) is 13.8. The Hall–Kier alpha value is -1.68. The predicted molar refractivity (Wildman–Crippen MR) is 86.7 cm³/mol. The van der Waals surface area contributed by atoms with E-state index < -0.39 is 0 Å². The highest BCUT2D eigenvalue weighted by Crippen LogP contribution is 2.13. The van der Waals surface area contributed by atoms with Gasteiger partial charge in [0.05, 0.1) is 5.69 Å². The molecule has 0 radical (unpaired) electrons. The third-order valence-corrected chi connectivity index (χ3v) is 3.35. The maximum atomic E-state index is 4.57. The fourth-order valence-electron chi connectivity index (χ4n) is 2.10. The average molecular weight is 286 g/mol. The van der Waals surface area contributed by atoms with Crippen LogP contribution in [-0.2, 0) is 19.4 Å². The van der Waals surface area contributed by atoms with Crippen LogP contribution in [0.2, 0.25) is 0 Å². The van der Waals surface area contributed by atoms with E-state index in [2.05, 4.69) is 74.3 Å². The molecule has 1 heterocycles. The molecule has 0 aliphatic rings. The first-order valence-electron chi connectivity index (χ1n) is 7.72. The van der Waals surface area contributed by atoms with E-state index in [1.165, 1.54) is 5.56 Å². The molecule has 0 aliphatic carbocycles. The molecule has 4 nitrogen and oxygen atoms in total. The van der Waals surface area contributed by atoms with Crippen LogP contribution in [0.15, 0.2) is 24.3 Å². The number of nitrogens with zero attached hydrogens (tertiary/aromatic N) is 3. The molecule has 0 amide bonds. The van der Waals surface area contributed by atoms with Crippen LogP contribution < -0.4 is 5.32 Å². The first-order valence-corrected chi connectivity index (χ1v) is 7.72. The Morgan fingerprint density at radius 3 is 2.24 bits per heavy atom. The number of rotatable bonds is 5. The summed E-state index contributed by atoms with van der Waals surface area (Å²) in [4.78, 5) is 4.55. The number of benzene rings is 1. The lowest BCUT2D eigenvalue weighted by Crippen LogP contribution is -2.35. The molecule has 1 N–H and O–H groups in total. The summed E-state index contributed by atoms with van der Waals surface area (Å²) in [5.41, 5.74) is 2.50. The maximum Gasteiger partial charge on any atom is 0.151 e. The van der Waals surface area contributed by atoms with Gasteiger partial charge in [-0.2, -0.15) is 5.10 Å². The molecule has 114 valence electrons.